The van der Waals surface area contributed by atoms with E-state index in [2.05, 4.69) is 12.2 Å². The summed E-state index contributed by atoms with van der Waals surface area (Å²) in [6.45, 7) is 4.07. The normalized spacial score (nSPS) is 10.2. The molecular weight excluding hydrogens is 288 g/mol. The minimum atomic E-state index is -0.213. The standard InChI is InChI=1S/C19H22N2O2/c1-4-15-7-9-16(10-8-15)19(23)21(3)13-18(22)20-17-11-5-14(2)6-12-17/h5-12H,4,13H2,1-3H3,(H,20,22). The van der Waals surface area contributed by atoms with E-state index in [1.54, 1.807) is 19.2 Å². The summed E-state index contributed by atoms with van der Waals surface area (Å²) in [5.41, 5.74) is 3.63. The maximum Gasteiger partial charge on any atom is 0.254 e. The molecular formula is C19H22N2O2. The summed E-state index contributed by atoms with van der Waals surface area (Å²) in [6.07, 6.45) is 0.934. The molecule has 120 valence electrons. The SMILES string of the molecule is CCc1ccc(C(=O)N(C)CC(=O)Nc2ccc(C)cc2)cc1. The average Bonchev–Trinajstić information content (AvgIpc) is 2.56. The van der Waals surface area contributed by atoms with Crippen LogP contribution in [0.15, 0.2) is 48.5 Å². The van der Waals surface area contributed by atoms with Crippen molar-refractivity contribution in [3.63, 3.8) is 0 Å². The summed E-state index contributed by atoms with van der Waals surface area (Å²) >= 11 is 0. The second-order valence-corrected chi connectivity index (χ2v) is 5.63. The van der Waals surface area contributed by atoms with Gasteiger partial charge < -0.3 is 10.2 Å². The number of aryl methyl sites for hydroxylation is 2. The van der Waals surface area contributed by atoms with Gasteiger partial charge in [-0.2, -0.15) is 0 Å². The van der Waals surface area contributed by atoms with E-state index in [9.17, 15) is 9.59 Å². The van der Waals surface area contributed by atoms with E-state index >= 15 is 0 Å². The second kappa shape index (κ2) is 7.58. The monoisotopic (exact) mass is 310 g/mol. The van der Waals surface area contributed by atoms with Crippen LogP contribution >= 0.6 is 0 Å². The quantitative estimate of drug-likeness (QED) is 0.921. The van der Waals surface area contributed by atoms with Crippen molar-refractivity contribution >= 4 is 17.5 Å². The highest BCUT2D eigenvalue weighted by atomic mass is 16.2. The Kier molecular flexibility index (Phi) is 5.52. The Morgan fingerprint density at radius 3 is 2.17 bits per heavy atom. The number of amides is 2. The van der Waals surface area contributed by atoms with Crippen LogP contribution in [0.4, 0.5) is 5.69 Å². The molecule has 1 N–H and O–H groups in total. The van der Waals surface area contributed by atoms with E-state index in [-0.39, 0.29) is 18.4 Å². The van der Waals surface area contributed by atoms with Crippen LogP contribution in [0.1, 0.15) is 28.4 Å². The van der Waals surface area contributed by atoms with Gasteiger partial charge in [-0.15, -0.1) is 0 Å². The molecule has 0 spiro atoms. The molecule has 0 fully saturated rings. The molecule has 2 rings (SSSR count). The van der Waals surface area contributed by atoms with Crippen molar-refractivity contribution in [2.45, 2.75) is 20.3 Å². The largest absolute Gasteiger partial charge is 0.332 e. The van der Waals surface area contributed by atoms with Crippen molar-refractivity contribution in [3.05, 3.63) is 65.2 Å². The molecule has 0 radical (unpaired) electrons. The van der Waals surface area contributed by atoms with Gasteiger partial charge in [0, 0.05) is 18.3 Å². The van der Waals surface area contributed by atoms with Gasteiger partial charge in [-0.3, -0.25) is 9.59 Å². The number of nitrogens with one attached hydrogen (secondary N) is 1. The van der Waals surface area contributed by atoms with Crippen LogP contribution in [0.2, 0.25) is 0 Å². The molecule has 4 nitrogen and oxygen atoms in total. The van der Waals surface area contributed by atoms with Crippen molar-refractivity contribution in [3.8, 4) is 0 Å². The van der Waals surface area contributed by atoms with Crippen LogP contribution in [0, 0.1) is 6.92 Å². The smallest absolute Gasteiger partial charge is 0.254 e. The first-order valence-corrected chi connectivity index (χ1v) is 7.70. The highest BCUT2D eigenvalue weighted by Crippen LogP contribution is 2.10. The molecule has 0 saturated heterocycles. The van der Waals surface area contributed by atoms with Crippen LogP contribution in [0.3, 0.4) is 0 Å². The summed E-state index contributed by atoms with van der Waals surface area (Å²) in [4.78, 5) is 25.8. The van der Waals surface area contributed by atoms with Crippen LogP contribution < -0.4 is 5.32 Å². The zero-order valence-electron chi connectivity index (χ0n) is 13.8. The summed E-state index contributed by atoms with van der Waals surface area (Å²) in [5, 5.41) is 2.79. The third-order valence-corrected chi connectivity index (χ3v) is 3.67. The van der Waals surface area contributed by atoms with Crippen molar-refractivity contribution in [2.24, 2.45) is 0 Å². The minimum absolute atomic E-state index is 0.0161. The molecule has 0 aromatic heterocycles. The fourth-order valence-electron chi connectivity index (χ4n) is 2.23. The van der Waals surface area contributed by atoms with Crippen molar-refractivity contribution in [2.75, 3.05) is 18.9 Å². The topological polar surface area (TPSA) is 49.4 Å². The second-order valence-electron chi connectivity index (χ2n) is 5.63. The number of carbonyl (C=O) groups excluding carboxylic acids is 2. The van der Waals surface area contributed by atoms with Crippen LogP contribution in [-0.2, 0) is 11.2 Å². The van der Waals surface area contributed by atoms with E-state index in [0.717, 1.165) is 17.7 Å². The Morgan fingerprint density at radius 1 is 1.00 bits per heavy atom. The van der Waals surface area contributed by atoms with Crippen LogP contribution in [0.25, 0.3) is 0 Å². The third-order valence-electron chi connectivity index (χ3n) is 3.67. The number of hydrogen-bond donors (Lipinski definition) is 1. The molecule has 0 aliphatic heterocycles. The summed E-state index contributed by atoms with van der Waals surface area (Å²) in [7, 11) is 1.63. The number of likely N-dealkylation sites (N-methyl/N-ethyl adjacent to an activating group) is 1. The lowest BCUT2D eigenvalue weighted by Crippen LogP contribution is -2.34. The predicted molar refractivity (Wildman–Crippen MR) is 92.6 cm³/mol. The van der Waals surface area contributed by atoms with Gasteiger partial charge >= 0.3 is 0 Å². The fourth-order valence-corrected chi connectivity index (χ4v) is 2.23. The van der Waals surface area contributed by atoms with Gasteiger partial charge in [0.15, 0.2) is 0 Å². The summed E-state index contributed by atoms with van der Waals surface area (Å²) in [5.74, 6) is -0.374. The van der Waals surface area contributed by atoms with Gasteiger partial charge in [0.25, 0.3) is 5.91 Å². The molecule has 0 unspecified atom stereocenters. The average molecular weight is 310 g/mol. The Bertz CT molecular complexity index is 676. The lowest BCUT2D eigenvalue weighted by molar-refractivity contribution is -0.116. The van der Waals surface area contributed by atoms with E-state index in [1.807, 2.05) is 43.3 Å². The summed E-state index contributed by atoms with van der Waals surface area (Å²) < 4.78 is 0. The minimum Gasteiger partial charge on any atom is -0.332 e. The van der Waals surface area contributed by atoms with E-state index in [1.165, 1.54) is 10.5 Å². The Morgan fingerprint density at radius 2 is 1.61 bits per heavy atom. The number of hydrogen-bond acceptors (Lipinski definition) is 2. The lowest BCUT2D eigenvalue weighted by atomic mass is 10.1. The zero-order valence-corrected chi connectivity index (χ0v) is 13.8. The van der Waals surface area contributed by atoms with E-state index < -0.39 is 0 Å². The highest BCUT2D eigenvalue weighted by molar-refractivity contribution is 5.99. The zero-order chi connectivity index (χ0) is 16.8. The predicted octanol–water partition coefficient (Wildman–Crippen LogP) is 3.27. The molecule has 4 heteroatoms. The number of nitrogens with zero attached hydrogens (tertiary/aromatic N) is 1. The number of rotatable bonds is 5. The third kappa shape index (κ3) is 4.68. The first-order valence-electron chi connectivity index (χ1n) is 7.70. The molecule has 0 aliphatic carbocycles. The first-order chi connectivity index (χ1) is 11.0. The molecule has 0 bridgehead atoms. The molecule has 2 aromatic rings. The van der Waals surface area contributed by atoms with Gasteiger partial charge in [-0.25, -0.2) is 0 Å². The van der Waals surface area contributed by atoms with Gasteiger partial charge in [-0.1, -0.05) is 36.8 Å². The van der Waals surface area contributed by atoms with Gasteiger partial charge in [0.05, 0.1) is 6.54 Å². The lowest BCUT2D eigenvalue weighted by Gasteiger charge is -2.17. The fraction of sp³-hybridized carbons (Fsp3) is 0.263. The molecule has 2 aromatic carbocycles. The van der Waals surface area contributed by atoms with Crippen molar-refractivity contribution in [1.29, 1.82) is 0 Å². The first kappa shape index (κ1) is 16.7. The number of benzene rings is 2. The van der Waals surface area contributed by atoms with Crippen LogP contribution in [-0.4, -0.2) is 30.3 Å². The molecule has 0 aliphatic rings. The van der Waals surface area contributed by atoms with E-state index in [4.69, 9.17) is 0 Å². The molecule has 0 heterocycles. The van der Waals surface area contributed by atoms with Crippen molar-refractivity contribution < 1.29 is 9.59 Å². The Labute approximate surface area is 137 Å². The highest BCUT2D eigenvalue weighted by Gasteiger charge is 2.15. The molecule has 0 saturated carbocycles. The van der Waals surface area contributed by atoms with Gasteiger partial charge in [0.2, 0.25) is 5.91 Å². The van der Waals surface area contributed by atoms with Crippen LogP contribution in [0.5, 0.6) is 0 Å². The van der Waals surface area contributed by atoms with Gasteiger partial charge in [0.1, 0.15) is 0 Å². The van der Waals surface area contributed by atoms with Gasteiger partial charge in [-0.05, 0) is 43.2 Å². The van der Waals surface area contributed by atoms with E-state index in [0.29, 0.717) is 5.56 Å². The number of carbonyl (C=O) groups is 2. The molecule has 0 atom stereocenters. The molecule has 2 amide bonds. The Balaban J connectivity index is 1.94. The summed E-state index contributed by atoms with van der Waals surface area (Å²) in [6, 6.07) is 15.0. The van der Waals surface area contributed by atoms with Crippen molar-refractivity contribution in [1.82, 2.24) is 4.90 Å². The maximum absolute atomic E-state index is 12.3. The molecule has 23 heavy (non-hydrogen) atoms. The Hall–Kier alpha value is -2.62. The maximum atomic E-state index is 12.3. The number of anilines is 1.